The third kappa shape index (κ3) is 3.52. The molecule has 1 fully saturated rings. The van der Waals surface area contributed by atoms with Crippen LogP contribution in [0.15, 0.2) is 47.4 Å². The van der Waals surface area contributed by atoms with Crippen molar-refractivity contribution in [3.63, 3.8) is 0 Å². The second-order valence-electron chi connectivity index (χ2n) is 13.3. The van der Waals surface area contributed by atoms with E-state index in [-0.39, 0.29) is 21.2 Å². The minimum Gasteiger partial charge on any atom is -0.507 e. The van der Waals surface area contributed by atoms with Crippen molar-refractivity contribution in [2.75, 3.05) is 0 Å². The Kier molecular flexibility index (Phi) is 5.34. The average molecular weight is 501 g/mol. The van der Waals surface area contributed by atoms with Crippen molar-refractivity contribution in [2.45, 2.75) is 102 Å². The lowest BCUT2D eigenvalue weighted by Gasteiger charge is -2.51. The summed E-state index contributed by atoms with van der Waals surface area (Å²) in [5.41, 5.74) is 5.77. The predicted octanol–water partition coefficient (Wildman–Crippen LogP) is 9.83. The Bertz CT molecular complexity index is 1340. The first-order chi connectivity index (χ1) is 17.0. The van der Waals surface area contributed by atoms with E-state index >= 15 is 0 Å². The molecule has 6 rings (SSSR count). The van der Waals surface area contributed by atoms with E-state index in [4.69, 9.17) is 4.74 Å². The van der Waals surface area contributed by atoms with E-state index in [0.29, 0.717) is 5.75 Å². The molecule has 36 heavy (non-hydrogen) atoms. The highest BCUT2D eigenvalue weighted by Crippen LogP contribution is 2.65. The van der Waals surface area contributed by atoms with E-state index in [1.54, 1.807) is 0 Å². The highest BCUT2D eigenvalue weighted by Gasteiger charge is 2.53. The Hall–Kier alpha value is -2.13. The molecular weight excluding hydrogens is 460 g/mol. The predicted molar refractivity (Wildman–Crippen MR) is 152 cm³/mol. The molecule has 0 atom stereocenters. The third-order valence-corrected chi connectivity index (χ3v) is 10.2. The Morgan fingerprint density at radius 3 is 2.17 bits per heavy atom. The van der Waals surface area contributed by atoms with Gasteiger partial charge < -0.3 is 9.84 Å². The van der Waals surface area contributed by atoms with Gasteiger partial charge in [-0.2, -0.15) is 0 Å². The monoisotopic (exact) mass is 500 g/mol. The van der Waals surface area contributed by atoms with Crippen LogP contribution in [0.1, 0.15) is 97.6 Å². The molecule has 0 unspecified atom stereocenters. The minimum absolute atomic E-state index is 0.0777. The van der Waals surface area contributed by atoms with Crippen molar-refractivity contribution in [3.8, 4) is 22.6 Å². The fourth-order valence-electron chi connectivity index (χ4n) is 8.51. The van der Waals surface area contributed by atoms with Crippen LogP contribution in [0.2, 0.25) is 0 Å². The molecule has 3 aromatic rings. The van der Waals surface area contributed by atoms with Crippen LogP contribution in [-0.2, 0) is 5.41 Å². The van der Waals surface area contributed by atoms with E-state index in [1.807, 2.05) is 11.8 Å². The molecule has 190 valence electrons. The number of phenolic OH excluding ortho intramolecular Hbond substituents is 1. The van der Waals surface area contributed by atoms with Gasteiger partial charge in [0.1, 0.15) is 11.5 Å². The van der Waals surface area contributed by atoms with Crippen LogP contribution < -0.4 is 4.74 Å². The summed E-state index contributed by atoms with van der Waals surface area (Å²) in [7, 11) is 0. The van der Waals surface area contributed by atoms with Gasteiger partial charge in [-0.1, -0.05) is 90.4 Å². The summed E-state index contributed by atoms with van der Waals surface area (Å²) in [6.07, 6.45) is 7.70. The number of ether oxygens (including phenoxy) is 1. The van der Waals surface area contributed by atoms with Gasteiger partial charge in [0.05, 0.1) is 4.90 Å². The van der Waals surface area contributed by atoms with Gasteiger partial charge in [-0.15, -0.1) is 0 Å². The Balaban J connectivity index is 1.61. The lowest BCUT2D eigenvalue weighted by atomic mass is 9.52. The highest BCUT2D eigenvalue weighted by molar-refractivity contribution is 8.00. The van der Waals surface area contributed by atoms with Crippen molar-refractivity contribution in [1.29, 1.82) is 0 Å². The van der Waals surface area contributed by atoms with E-state index < -0.39 is 0 Å². The molecule has 0 saturated heterocycles. The molecule has 2 aliphatic carbocycles. The molecule has 3 heteroatoms. The van der Waals surface area contributed by atoms with Crippen LogP contribution in [0.4, 0.5) is 0 Å². The summed E-state index contributed by atoms with van der Waals surface area (Å²) >= 11 is 1.86. The van der Waals surface area contributed by atoms with Crippen molar-refractivity contribution < 1.29 is 9.84 Å². The number of hydrogen-bond acceptors (Lipinski definition) is 3. The fourth-order valence-corrected chi connectivity index (χ4v) is 10.0. The van der Waals surface area contributed by atoms with Gasteiger partial charge >= 0.3 is 0 Å². The summed E-state index contributed by atoms with van der Waals surface area (Å²) in [5.74, 6) is 1.40. The van der Waals surface area contributed by atoms with Gasteiger partial charge in [0.2, 0.25) is 0 Å². The molecule has 1 aliphatic heterocycles. The van der Waals surface area contributed by atoms with Gasteiger partial charge in [-0.05, 0) is 88.8 Å². The molecule has 1 N–H and O–H groups in total. The van der Waals surface area contributed by atoms with E-state index in [0.717, 1.165) is 55.0 Å². The zero-order valence-electron chi connectivity index (χ0n) is 22.8. The number of thioether (sulfide) groups is 1. The summed E-state index contributed by atoms with van der Waals surface area (Å²) in [5, 5.41) is 13.6. The molecule has 0 bridgehead atoms. The third-order valence-electron chi connectivity index (χ3n) is 8.78. The molecule has 2 nitrogen and oxygen atoms in total. The Morgan fingerprint density at radius 2 is 1.50 bits per heavy atom. The van der Waals surface area contributed by atoms with Crippen LogP contribution in [0, 0.1) is 10.8 Å². The number of fused-ring (bicyclic) bond motifs is 8. The van der Waals surface area contributed by atoms with Crippen LogP contribution in [0.25, 0.3) is 21.9 Å². The summed E-state index contributed by atoms with van der Waals surface area (Å²) < 4.78 is 6.76. The second kappa shape index (κ2) is 7.93. The number of aromatic hydroxyl groups is 1. The maximum absolute atomic E-state index is 11.5. The molecule has 0 radical (unpaired) electrons. The van der Waals surface area contributed by atoms with Crippen LogP contribution in [-0.4, -0.2) is 10.0 Å². The summed E-state index contributed by atoms with van der Waals surface area (Å²) in [6, 6.07) is 15.6. The van der Waals surface area contributed by atoms with Gasteiger partial charge in [-0.3, -0.25) is 0 Å². The largest absolute Gasteiger partial charge is 0.507 e. The molecule has 0 amide bonds. The van der Waals surface area contributed by atoms with Gasteiger partial charge in [0, 0.05) is 10.8 Å². The smallest absolute Gasteiger partial charge is 0.159 e. The van der Waals surface area contributed by atoms with Crippen molar-refractivity contribution in [1.82, 2.24) is 0 Å². The number of rotatable bonds is 4. The van der Waals surface area contributed by atoms with E-state index in [2.05, 4.69) is 84.0 Å². The Morgan fingerprint density at radius 1 is 0.833 bits per heavy atom. The van der Waals surface area contributed by atoms with Crippen molar-refractivity contribution >= 4 is 22.5 Å². The van der Waals surface area contributed by atoms with Gasteiger partial charge in [0.15, 0.2) is 4.93 Å². The first-order valence-corrected chi connectivity index (χ1v) is 14.7. The first-order valence-electron chi connectivity index (χ1n) is 13.8. The quantitative estimate of drug-likeness (QED) is 0.386. The zero-order chi connectivity index (χ0) is 25.5. The van der Waals surface area contributed by atoms with Crippen molar-refractivity contribution in [2.24, 2.45) is 10.8 Å². The summed E-state index contributed by atoms with van der Waals surface area (Å²) in [6.45, 7) is 14.2. The minimum atomic E-state index is -0.182. The van der Waals surface area contributed by atoms with Crippen LogP contribution in [0.3, 0.4) is 0 Å². The first kappa shape index (κ1) is 24.2. The zero-order valence-corrected chi connectivity index (χ0v) is 23.6. The molecule has 0 aromatic heterocycles. The standard InChI is InChI=1S/C33H40O2S/c1-7-13-33(14-8-2)35-27-15-23-22(16-28(27)36-33)26(34)17-25-29(23)21-11-9-10-12-24(21)32(25)19-30(3,4)18-31(5,6)20-32/h9-12,15-17,34H,7-8,13-14,18-20H2,1-6H3. The Labute approximate surface area is 220 Å². The number of phenols is 1. The fraction of sp³-hybridized carbons (Fsp3) is 0.515. The highest BCUT2D eigenvalue weighted by atomic mass is 32.2. The SMILES string of the molecule is CCCC1(CCC)Oc2cc3c4c(cc(O)c3cc2S1)C1(CC(C)(C)CC(C)(C)C1)c1ccccc1-4. The molecule has 1 saturated carbocycles. The molecule has 3 aromatic carbocycles. The number of hydrogen-bond donors (Lipinski definition) is 1. The maximum Gasteiger partial charge on any atom is 0.159 e. The van der Waals surface area contributed by atoms with Gasteiger partial charge in [0.25, 0.3) is 0 Å². The summed E-state index contributed by atoms with van der Waals surface area (Å²) in [4.78, 5) is 0.985. The topological polar surface area (TPSA) is 29.5 Å². The molecular formula is C33H40O2S. The molecule has 1 spiro atoms. The van der Waals surface area contributed by atoms with Crippen LogP contribution in [0.5, 0.6) is 11.5 Å². The lowest BCUT2D eigenvalue weighted by molar-refractivity contribution is 0.0645. The average Bonchev–Trinajstić information content (AvgIpc) is 3.24. The van der Waals surface area contributed by atoms with Crippen LogP contribution >= 0.6 is 11.8 Å². The molecule has 3 aliphatic rings. The molecule has 1 heterocycles. The van der Waals surface area contributed by atoms with E-state index in [9.17, 15) is 5.11 Å². The maximum atomic E-state index is 11.5. The van der Waals surface area contributed by atoms with Crippen molar-refractivity contribution in [3.05, 3.63) is 53.6 Å². The normalized spacial score (nSPS) is 21.7. The van der Waals surface area contributed by atoms with Gasteiger partial charge in [-0.25, -0.2) is 0 Å². The second-order valence-corrected chi connectivity index (χ2v) is 14.7. The number of benzene rings is 3. The lowest BCUT2D eigenvalue weighted by Crippen LogP contribution is -2.43. The van der Waals surface area contributed by atoms with E-state index in [1.165, 1.54) is 33.6 Å².